The Bertz CT molecular complexity index is 1700. The smallest absolute Gasteiger partial charge is 0.165 e. The molecule has 1 aliphatic carbocycles. The monoisotopic (exact) mass is 556 g/mol. The van der Waals surface area contributed by atoms with Crippen molar-refractivity contribution < 1.29 is 8.42 Å². The van der Waals surface area contributed by atoms with Gasteiger partial charge >= 0.3 is 0 Å². The highest BCUT2D eigenvalue weighted by molar-refractivity contribution is 7.85. The Kier molecular flexibility index (Phi) is 6.84. The summed E-state index contributed by atoms with van der Waals surface area (Å²) in [6, 6.07) is 26.0. The normalized spacial score (nSPS) is 15.9. The zero-order valence-corrected chi connectivity index (χ0v) is 23.3. The third-order valence-corrected chi connectivity index (χ3v) is 8.25. The molecule has 0 radical (unpaired) electrons. The van der Waals surface area contributed by atoms with Gasteiger partial charge in [-0.25, -0.2) is 28.1 Å². The maximum Gasteiger partial charge on any atom is 0.165 e. The highest BCUT2D eigenvalue weighted by Crippen LogP contribution is 2.42. The Balaban J connectivity index is 1.54. The Hall–Kier alpha value is -3.73. The second-order valence-corrected chi connectivity index (χ2v) is 11.9. The van der Waals surface area contributed by atoms with Gasteiger partial charge in [0.05, 0.1) is 27.8 Å². The number of aromatic nitrogens is 4. The van der Waals surface area contributed by atoms with E-state index in [0.29, 0.717) is 17.3 Å². The molecule has 198 valence electrons. The number of fused-ring (bicyclic) bond motifs is 1. The van der Waals surface area contributed by atoms with E-state index in [9.17, 15) is 8.42 Å². The summed E-state index contributed by atoms with van der Waals surface area (Å²) in [4.78, 5) is 14.5. The molecule has 2 N–H and O–H groups in total. The van der Waals surface area contributed by atoms with Crippen LogP contribution in [0.2, 0.25) is 0 Å². The maximum atomic E-state index is 12.1. The molecule has 2 unspecified atom stereocenters. The van der Waals surface area contributed by atoms with Gasteiger partial charge in [0, 0.05) is 30.0 Å². The predicted octanol–water partition coefficient (Wildman–Crippen LogP) is 5.12. The molecule has 1 fully saturated rings. The van der Waals surface area contributed by atoms with Crippen molar-refractivity contribution in [3.63, 3.8) is 0 Å². The summed E-state index contributed by atoms with van der Waals surface area (Å²) in [5.74, 6) is 1.13. The maximum absolute atomic E-state index is 12.1. The fourth-order valence-electron chi connectivity index (χ4n) is 5.14. The van der Waals surface area contributed by atoms with E-state index in [1.165, 1.54) is 0 Å². The highest BCUT2D eigenvalue weighted by Gasteiger charge is 2.39. The van der Waals surface area contributed by atoms with Crippen molar-refractivity contribution in [2.24, 2.45) is 0 Å². The topological polar surface area (TPSA) is 102 Å². The fourth-order valence-corrected chi connectivity index (χ4v) is 6.45. The van der Waals surface area contributed by atoms with Crippen LogP contribution >= 0.6 is 0 Å². The van der Waals surface area contributed by atoms with E-state index < -0.39 is 22.0 Å². The summed E-state index contributed by atoms with van der Waals surface area (Å²) in [6.07, 6.45) is 7.91. The third-order valence-electron chi connectivity index (χ3n) is 7.09. The lowest BCUT2D eigenvalue weighted by molar-refractivity contribution is 0.228. The van der Waals surface area contributed by atoms with Crippen LogP contribution in [-0.2, 0) is 27.5 Å². The fraction of sp³-hybridized carbons (Fsp3) is 0.207. The summed E-state index contributed by atoms with van der Waals surface area (Å²) in [7, 11) is -2.42. The van der Waals surface area contributed by atoms with E-state index in [2.05, 4.69) is 38.7 Å². The standard InChI is InChI=1S/C29H28N6O2S2/c1-38(36)33-26-23(10-6-19-30-26)27-32-25-16-15-24(20-8-4-3-5-9-20)31-28(25)35(27)22-13-11-21(12-14-22)29(17-7-18-29)34-39(2)37/h3-6,8-16,19,34H,7,17-18H2,1-2H3,(H,30,33). The van der Waals surface area contributed by atoms with Gasteiger partial charge in [-0.2, -0.15) is 0 Å². The zero-order chi connectivity index (χ0) is 27.0. The van der Waals surface area contributed by atoms with Crippen LogP contribution in [0.3, 0.4) is 0 Å². The SMILES string of the molecule is CS(=O)Nc1ncccc1-c1nc2ccc(-c3ccccc3)nc2n1-c1ccc(C2(NS(C)=O)CCC2)cc1. The molecule has 0 aliphatic heterocycles. The van der Waals surface area contributed by atoms with Gasteiger partial charge in [0.25, 0.3) is 0 Å². The number of pyridine rings is 2. The molecule has 0 spiro atoms. The second-order valence-electron chi connectivity index (χ2n) is 9.67. The van der Waals surface area contributed by atoms with Gasteiger partial charge in [0.2, 0.25) is 0 Å². The average Bonchev–Trinajstić information content (AvgIpc) is 3.30. The van der Waals surface area contributed by atoms with Crippen LogP contribution in [0, 0.1) is 0 Å². The first kappa shape index (κ1) is 25.5. The van der Waals surface area contributed by atoms with Crippen LogP contribution in [0.25, 0.3) is 39.5 Å². The van der Waals surface area contributed by atoms with Gasteiger partial charge < -0.3 is 0 Å². The van der Waals surface area contributed by atoms with Gasteiger partial charge in [-0.05, 0) is 61.2 Å². The lowest BCUT2D eigenvalue weighted by Gasteiger charge is -2.42. The van der Waals surface area contributed by atoms with Crippen molar-refractivity contribution in [2.45, 2.75) is 24.8 Å². The summed E-state index contributed by atoms with van der Waals surface area (Å²) >= 11 is 0. The number of hydrogen-bond donors (Lipinski definition) is 2. The number of hydrogen-bond acceptors (Lipinski definition) is 5. The quantitative estimate of drug-likeness (QED) is 0.276. The minimum Gasteiger partial charge on any atom is -0.289 e. The molecule has 10 heteroatoms. The Morgan fingerprint density at radius 2 is 1.62 bits per heavy atom. The van der Waals surface area contributed by atoms with E-state index in [4.69, 9.17) is 9.97 Å². The minimum atomic E-state index is -1.31. The number of nitrogens with zero attached hydrogens (tertiary/aromatic N) is 4. The summed E-state index contributed by atoms with van der Waals surface area (Å²) in [5, 5.41) is 0. The van der Waals surface area contributed by atoms with Crippen LogP contribution in [0.1, 0.15) is 24.8 Å². The largest absolute Gasteiger partial charge is 0.289 e. The molecule has 8 nitrogen and oxygen atoms in total. The van der Waals surface area contributed by atoms with Gasteiger partial charge in [-0.3, -0.25) is 9.29 Å². The van der Waals surface area contributed by atoms with E-state index in [1.54, 1.807) is 18.7 Å². The lowest BCUT2D eigenvalue weighted by atomic mass is 9.73. The summed E-state index contributed by atoms with van der Waals surface area (Å²) in [5.41, 5.74) is 5.75. The molecule has 0 amide bonds. The van der Waals surface area contributed by atoms with Crippen molar-refractivity contribution >= 4 is 39.0 Å². The molecule has 3 heterocycles. The first-order chi connectivity index (χ1) is 18.9. The van der Waals surface area contributed by atoms with E-state index >= 15 is 0 Å². The Morgan fingerprint density at radius 1 is 0.846 bits per heavy atom. The highest BCUT2D eigenvalue weighted by atomic mass is 32.2. The molecule has 39 heavy (non-hydrogen) atoms. The number of imidazole rings is 1. The van der Waals surface area contributed by atoms with E-state index in [-0.39, 0.29) is 5.54 Å². The number of benzene rings is 2. The molecule has 2 aromatic carbocycles. The molecule has 2 atom stereocenters. The molecular weight excluding hydrogens is 528 g/mol. The molecule has 0 bridgehead atoms. The first-order valence-electron chi connectivity index (χ1n) is 12.7. The first-order valence-corrected chi connectivity index (χ1v) is 15.8. The van der Waals surface area contributed by atoms with Crippen molar-refractivity contribution in [3.05, 3.63) is 90.6 Å². The van der Waals surface area contributed by atoms with Gasteiger partial charge in [0.1, 0.15) is 22.3 Å². The molecule has 0 saturated heterocycles. The Morgan fingerprint density at radius 3 is 2.28 bits per heavy atom. The van der Waals surface area contributed by atoms with E-state index in [1.807, 2.05) is 59.2 Å². The van der Waals surface area contributed by atoms with Crippen LogP contribution in [0.5, 0.6) is 0 Å². The van der Waals surface area contributed by atoms with Gasteiger partial charge in [-0.15, -0.1) is 0 Å². The predicted molar refractivity (Wildman–Crippen MR) is 158 cm³/mol. The lowest BCUT2D eigenvalue weighted by Crippen LogP contribution is -2.48. The Labute approximate surface area is 232 Å². The van der Waals surface area contributed by atoms with Crippen LogP contribution < -0.4 is 9.44 Å². The van der Waals surface area contributed by atoms with Crippen molar-refractivity contribution in [1.82, 2.24) is 24.2 Å². The minimum absolute atomic E-state index is 0.262. The summed E-state index contributed by atoms with van der Waals surface area (Å²) < 4.78 is 32.3. The molecule has 3 aromatic heterocycles. The molecule has 1 aliphatic rings. The van der Waals surface area contributed by atoms with Gasteiger partial charge in [0.15, 0.2) is 11.5 Å². The number of nitrogens with one attached hydrogen (secondary N) is 2. The third kappa shape index (κ3) is 4.91. The van der Waals surface area contributed by atoms with Crippen molar-refractivity contribution in [3.8, 4) is 28.3 Å². The average molecular weight is 557 g/mol. The summed E-state index contributed by atoms with van der Waals surface area (Å²) in [6.45, 7) is 0. The van der Waals surface area contributed by atoms with Crippen molar-refractivity contribution in [2.75, 3.05) is 17.2 Å². The number of anilines is 1. The van der Waals surface area contributed by atoms with Crippen LogP contribution in [0.15, 0.2) is 85.1 Å². The van der Waals surface area contributed by atoms with Crippen LogP contribution in [0.4, 0.5) is 5.82 Å². The zero-order valence-electron chi connectivity index (χ0n) is 21.6. The van der Waals surface area contributed by atoms with E-state index in [0.717, 1.165) is 52.9 Å². The molecule has 5 aromatic rings. The number of rotatable bonds is 8. The molecule has 6 rings (SSSR count). The van der Waals surface area contributed by atoms with Crippen molar-refractivity contribution in [1.29, 1.82) is 0 Å². The molecular formula is C29H28N6O2S2. The van der Waals surface area contributed by atoms with Gasteiger partial charge in [-0.1, -0.05) is 42.5 Å². The molecule has 1 saturated carbocycles. The van der Waals surface area contributed by atoms with Crippen LogP contribution in [-0.4, -0.2) is 40.4 Å². The second kappa shape index (κ2) is 10.4.